The van der Waals surface area contributed by atoms with Gasteiger partial charge in [-0.25, -0.2) is 0 Å². The summed E-state index contributed by atoms with van der Waals surface area (Å²) in [5.41, 5.74) is -0.978. The van der Waals surface area contributed by atoms with Crippen LogP contribution in [0.3, 0.4) is 0 Å². The van der Waals surface area contributed by atoms with Crippen LogP contribution >= 0.6 is 0 Å². The van der Waals surface area contributed by atoms with Crippen LogP contribution in [0, 0.1) is 6.92 Å². The molecule has 0 bridgehead atoms. The van der Waals surface area contributed by atoms with Gasteiger partial charge in [0.15, 0.2) is 0 Å². The van der Waals surface area contributed by atoms with Crippen molar-refractivity contribution >= 4 is 0 Å². The van der Waals surface area contributed by atoms with Gasteiger partial charge in [-0.3, -0.25) is 0 Å². The smallest absolute Gasteiger partial charge is 0.0513 e. The summed E-state index contributed by atoms with van der Waals surface area (Å²) in [7, 11) is 0. The van der Waals surface area contributed by atoms with Crippen molar-refractivity contribution in [2.45, 2.75) is 32.0 Å². The Labute approximate surface area is 75.4 Å². The van der Waals surface area contributed by atoms with Gasteiger partial charge in [0, 0.05) is 26.2 Å². The van der Waals surface area contributed by atoms with Gasteiger partial charge in [-0.2, -0.15) is 0 Å². The van der Waals surface area contributed by atoms with Crippen LogP contribution in [0.5, 0.6) is 0 Å². The third-order valence-corrected chi connectivity index (χ3v) is 0.735. The molecule has 0 fully saturated rings. The van der Waals surface area contributed by atoms with Crippen molar-refractivity contribution < 1.29 is 36.4 Å². The molecule has 0 aromatic carbocycles. The van der Waals surface area contributed by atoms with Gasteiger partial charge in [0.05, 0.1) is 6.10 Å². The molecule has 0 rings (SSSR count). The van der Waals surface area contributed by atoms with E-state index in [1.807, 2.05) is 0 Å². The van der Waals surface area contributed by atoms with Crippen LogP contribution in [-0.4, -0.2) is 21.9 Å². The normalized spacial score (nSPS) is 19.7. The zero-order valence-electron chi connectivity index (χ0n) is 5.89. The van der Waals surface area contributed by atoms with E-state index in [-0.39, 0.29) is 26.2 Å². The van der Waals surface area contributed by atoms with Crippen LogP contribution in [0.15, 0.2) is 0 Å². The van der Waals surface area contributed by atoms with Crippen molar-refractivity contribution in [2.24, 2.45) is 0 Å². The molecule has 54 valence electrons. The van der Waals surface area contributed by atoms with Gasteiger partial charge in [0.1, 0.15) is 0 Å². The van der Waals surface area contributed by atoms with E-state index in [2.05, 4.69) is 6.92 Å². The van der Waals surface area contributed by atoms with Crippen LogP contribution < -0.4 is 0 Å². The van der Waals surface area contributed by atoms with E-state index in [9.17, 15) is 0 Å². The molecule has 0 amide bonds. The zero-order chi connectivity index (χ0) is 6.78. The summed E-state index contributed by atoms with van der Waals surface area (Å²) in [5, 5.41) is 17.6. The molecule has 0 aliphatic heterocycles. The quantitative estimate of drug-likeness (QED) is 0.643. The van der Waals surface area contributed by atoms with Crippen molar-refractivity contribution in [2.75, 3.05) is 0 Å². The molecule has 9 heavy (non-hydrogen) atoms. The van der Waals surface area contributed by atoms with E-state index in [4.69, 9.17) is 10.2 Å². The monoisotopic (exact) mass is 207 g/mol. The average Bonchev–Trinajstić information content (AvgIpc) is 1.21. The average molecular weight is 208 g/mol. The van der Waals surface area contributed by atoms with Crippen LogP contribution in [0.4, 0.5) is 0 Å². The molecule has 0 spiro atoms. The summed E-state index contributed by atoms with van der Waals surface area (Å²) in [5.74, 6) is 0. The molecular formula is C6H13O2Zr-. The third-order valence-electron chi connectivity index (χ3n) is 0.735. The first kappa shape index (κ1) is 12.5. The molecule has 2 atom stereocenters. The van der Waals surface area contributed by atoms with Gasteiger partial charge in [-0.05, 0) is 13.3 Å². The Balaban J connectivity index is 0. The molecule has 2 N–H and O–H groups in total. The van der Waals surface area contributed by atoms with E-state index in [1.54, 1.807) is 13.8 Å². The Bertz CT molecular complexity index is 65.9. The van der Waals surface area contributed by atoms with E-state index >= 15 is 0 Å². The Morgan fingerprint density at radius 1 is 1.67 bits per heavy atom. The SMILES string of the molecule is [CH2-]C(C)(O)CC(C)O.[Zr]. The second-order valence-electron chi connectivity index (χ2n) is 2.55. The molecule has 0 aliphatic rings. The summed E-state index contributed by atoms with van der Waals surface area (Å²) in [6.07, 6.45) is -0.144. The van der Waals surface area contributed by atoms with Gasteiger partial charge in [0.2, 0.25) is 0 Å². The first-order valence-electron chi connectivity index (χ1n) is 2.67. The Kier molecular flexibility index (Phi) is 6.37. The molecule has 0 saturated carbocycles. The van der Waals surface area contributed by atoms with E-state index < -0.39 is 11.7 Å². The first-order chi connectivity index (χ1) is 3.42. The minimum Gasteiger partial charge on any atom is -0.422 e. The van der Waals surface area contributed by atoms with Crippen molar-refractivity contribution in [3.05, 3.63) is 6.92 Å². The molecular weight excluding hydrogens is 195 g/mol. The number of hydrogen-bond acceptors (Lipinski definition) is 2. The van der Waals surface area contributed by atoms with Crippen LogP contribution in [0.1, 0.15) is 20.3 Å². The second kappa shape index (κ2) is 4.59. The summed E-state index contributed by atoms with van der Waals surface area (Å²) in [6.45, 7) is 6.60. The minimum atomic E-state index is -0.978. The zero-order valence-corrected chi connectivity index (χ0v) is 8.34. The van der Waals surface area contributed by atoms with E-state index in [1.165, 1.54) is 0 Å². The van der Waals surface area contributed by atoms with Gasteiger partial charge < -0.3 is 17.1 Å². The Morgan fingerprint density at radius 2 is 2.00 bits per heavy atom. The van der Waals surface area contributed by atoms with Crippen LogP contribution in [0.2, 0.25) is 0 Å². The third kappa shape index (κ3) is 12.1. The maximum atomic E-state index is 8.92. The fraction of sp³-hybridized carbons (Fsp3) is 0.833. The number of hydrogen-bond donors (Lipinski definition) is 2. The Hall–Kier alpha value is 0.803. The van der Waals surface area contributed by atoms with Gasteiger partial charge >= 0.3 is 0 Å². The number of rotatable bonds is 2. The largest absolute Gasteiger partial charge is 0.422 e. The maximum absolute atomic E-state index is 8.92. The standard InChI is InChI=1S/C6H13O2.Zr/c1-5(7)4-6(2,3)8;/h5,7-8H,2,4H2,1,3H3;/q-1;. The van der Waals surface area contributed by atoms with Crippen molar-refractivity contribution in [3.63, 3.8) is 0 Å². The second-order valence-corrected chi connectivity index (χ2v) is 2.55. The molecule has 0 aromatic rings. The first-order valence-corrected chi connectivity index (χ1v) is 2.67. The summed E-state index contributed by atoms with van der Waals surface area (Å²) in [6, 6.07) is 0. The van der Waals surface area contributed by atoms with Crippen molar-refractivity contribution in [1.82, 2.24) is 0 Å². The van der Waals surface area contributed by atoms with E-state index in [0.717, 1.165) is 0 Å². The fourth-order valence-corrected chi connectivity index (χ4v) is 0.636. The van der Waals surface area contributed by atoms with E-state index in [0.29, 0.717) is 6.42 Å². The summed E-state index contributed by atoms with van der Waals surface area (Å²) >= 11 is 0. The van der Waals surface area contributed by atoms with Gasteiger partial charge in [0.25, 0.3) is 0 Å². The summed E-state index contributed by atoms with van der Waals surface area (Å²) in [4.78, 5) is 0. The van der Waals surface area contributed by atoms with Crippen LogP contribution in [-0.2, 0) is 26.2 Å². The molecule has 0 aromatic heterocycles. The predicted molar refractivity (Wildman–Crippen MR) is 32.3 cm³/mol. The van der Waals surface area contributed by atoms with Crippen molar-refractivity contribution in [3.8, 4) is 0 Å². The molecule has 3 heteroatoms. The number of aliphatic hydroxyl groups is 2. The Morgan fingerprint density at radius 3 is 2.00 bits per heavy atom. The molecule has 0 radical (unpaired) electrons. The number of aliphatic hydroxyl groups excluding tert-OH is 1. The molecule has 2 nitrogen and oxygen atoms in total. The van der Waals surface area contributed by atoms with Crippen molar-refractivity contribution in [1.29, 1.82) is 0 Å². The maximum Gasteiger partial charge on any atom is 0.0513 e. The molecule has 2 unspecified atom stereocenters. The molecule has 0 heterocycles. The van der Waals surface area contributed by atoms with Gasteiger partial charge in [-0.15, -0.1) is 0 Å². The van der Waals surface area contributed by atoms with Gasteiger partial charge in [-0.1, -0.05) is 12.5 Å². The summed E-state index contributed by atoms with van der Waals surface area (Å²) < 4.78 is 0. The fourth-order valence-electron chi connectivity index (χ4n) is 0.636. The van der Waals surface area contributed by atoms with Crippen LogP contribution in [0.25, 0.3) is 0 Å². The molecule has 0 saturated heterocycles. The topological polar surface area (TPSA) is 40.5 Å². The predicted octanol–water partition coefficient (Wildman–Crippen LogP) is 0.340. The minimum absolute atomic E-state index is 0. The molecule has 0 aliphatic carbocycles.